The van der Waals surface area contributed by atoms with E-state index in [1.165, 1.54) is 13.0 Å². The predicted octanol–water partition coefficient (Wildman–Crippen LogP) is 2.53. The first-order valence-corrected chi connectivity index (χ1v) is 4.13. The lowest BCUT2D eigenvalue weighted by Crippen LogP contribution is -2.03. The Balaban J connectivity index is 3.08. The minimum Gasteiger partial charge on any atom is -0.326 e. The molecule has 0 radical (unpaired) electrons. The second-order valence-corrected chi connectivity index (χ2v) is 3.56. The fourth-order valence-corrected chi connectivity index (χ4v) is 1.85. The lowest BCUT2D eigenvalue weighted by Gasteiger charge is -2.03. The Bertz CT molecular complexity index is 277. The monoisotopic (exact) mass is 195 g/mol. The number of halogens is 3. The van der Waals surface area contributed by atoms with Crippen LogP contribution in [-0.2, 0) is 12.7 Å². The number of hydrogen-bond donors (Lipinski definition) is 1. The first kappa shape index (κ1) is 9.54. The second-order valence-electron chi connectivity index (χ2n) is 2.43. The van der Waals surface area contributed by atoms with E-state index in [-0.39, 0.29) is 12.1 Å². The zero-order chi connectivity index (χ0) is 9.35. The Morgan fingerprint density at radius 2 is 2.08 bits per heavy atom. The van der Waals surface area contributed by atoms with E-state index in [0.717, 1.165) is 0 Å². The van der Waals surface area contributed by atoms with E-state index in [4.69, 9.17) is 5.73 Å². The number of rotatable bonds is 1. The van der Waals surface area contributed by atoms with Gasteiger partial charge >= 0.3 is 6.18 Å². The molecule has 0 atom stereocenters. The van der Waals surface area contributed by atoms with Crippen molar-refractivity contribution in [2.75, 3.05) is 0 Å². The first-order chi connectivity index (χ1) is 5.45. The average molecular weight is 195 g/mol. The van der Waals surface area contributed by atoms with Crippen LogP contribution in [0.2, 0.25) is 0 Å². The van der Waals surface area contributed by atoms with Crippen molar-refractivity contribution in [1.82, 2.24) is 0 Å². The maximum atomic E-state index is 12.2. The third kappa shape index (κ3) is 1.78. The highest BCUT2D eigenvalue weighted by molar-refractivity contribution is 7.12. The van der Waals surface area contributed by atoms with Gasteiger partial charge in [-0.1, -0.05) is 0 Å². The molecule has 0 aromatic carbocycles. The van der Waals surface area contributed by atoms with Crippen LogP contribution in [0.1, 0.15) is 15.3 Å². The Morgan fingerprint density at radius 1 is 1.50 bits per heavy atom. The summed E-state index contributed by atoms with van der Waals surface area (Å²) in [5.74, 6) is 0. The van der Waals surface area contributed by atoms with Gasteiger partial charge in [-0.25, -0.2) is 0 Å². The van der Waals surface area contributed by atoms with Gasteiger partial charge in [-0.2, -0.15) is 13.2 Å². The SMILES string of the molecule is Cc1cc(CN)sc1C(F)(F)F. The quantitative estimate of drug-likeness (QED) is 0.732. The number of hydrogen-bond acceptors (Lipinski definition) is 2. The average Bonchev–Trinajstić information content (AvgIpc) is 2.29. The molecule has 0 fully saturated rings. The summed E-state index contributed by atoms with van der Waals surface area (Å²) in [4.78, 5) is 0.0303. The molecular formula is C7H8F3NS. The minimum absolute atomic E-state index is 0.168. The Kier molecular flexibility index (Phi) is 2.44. The van der Waals surface area contributed by atoms with Crippen LogP contribution in [0.15, 0.2) is 6.07 Å². The summed E-state index contributed by atoms with van der Waals surface area (Å²) < 4.78 is 36.5. The molecule has 1 heterocycles. The summed E-state index contributed by atoms with van der Waals surface area (Å²) in [7, 11) is 0. The van der Waals surface area contributed by atoms with E-state index < -0.39 is 11.1 Å². The molecule has 1 nitrogen and oxygen atoms in total. The van der Waals surface area contributed by atoms with Gasteiger partial charge in [-0.15, -0.1) is 11.3 Å². The van der Waals surface area contributed by atoms with Crippen LogP contribution in [0.25, 0.3) is 0 Å². The van der Waals surface area contributed by atoms with Crippen LogP contribution in [0, 0.1) is 6.92 Å². The molecule has 1 rings (SSSR count). The van der Waals surface area contributed by atoms with Crippen LogP contribution >= 0.6 is 11.3 Å². The molecule has 1 aromatic rings. The molecule has 0 unspecified atom stereocenters. The van der Waals surface area contributed by atoms with Gasteiger partial charge in [0.2, 0.25) is 0 Å². The Labute approximate surface area is 72.0 Å². The van der Waals surface area contributed by atoms with Crippen LogP contribution < -0.4 is 5.73 Å². The molecule has 0 aliphatic rings. The molecule has 0 amide bonds. The zero-order valence-corrected chi connectivity index (χ0v) is 7.22. The van der Waals surface area contributed by atoms with E-state index in [2.05, 4.69) is 0 Å². The van der Waals surface area contributed by atoms with Crippen LogP contribution in [-0.4, -0.2) is 0 Å². The molecule has 0 spiro atoms. The maximum Gasteiger partial charge on any atom is 0.425 e. The molecule has 0 saturated carbocycles. The van der Waals surface area contributed by atoms with Gasteiger partial charge in [0.15, 0.2) is 0 Å². The predicted molar refractivity (Wildman–Crippen MR) is 41.9 cm³/mol. The molecule has 0 aliphatic carbocycles. The molecule has 12 heavy (non-hydrogen) atoms. The highest BCUT2D eigenvalue weighted by atomic mass is 32.1. The van der Waals surface area contributed by atoms with Crippen LogP contribution in [0.3, 0.4) is 0 Å². The normalized spacial score (nSPS) is 12.1. The largest absolute Gasteiger partial charge is 0.425 e. The lowest BCUT2D eigenvalue weighted by atomic mass is 10.2. The van der Waals surface area contributed by atoms with Gasteiger partial charge in [0, 0.05) is 11.4 Å². The topological polar surface area (TPSA) is 26.0 Å². The summed E-state index contributed by atoms with van der Waals surface area (Å²) in [6.45, 7) is 1.61. The number of nitrogens with two attached hydrogens (primary N) is 1. The standard InChI is InChI=1S/C7H8F3NS/c1-4-2-5(3-11)12-6(4)7(8,9)10/h2H,3,11H2,1H3. The smallest absolute Gasteiger partial charge is 0.326 e. The van der Waals surface area contributed by atoms with Crippen molar-refractivity contribution in [3.05, 3.63) is 21.4 Å². The molecule has 0 saturated heterocycles. The Morgan fingerprint density at radius 3 is 2.33 bits per heavy atom. The third-order valence-corrected chi connectivity index (χ3v) is 2.73. The highest BCUT2D eigenvalue weighted by Gasteiger charge is 2.34. The van der Waals surface area contributed by atoms with Crippen molar-refractivity contribution in [1.29, 1.82) is 0 Å². The van der Waals surface area contributed by atoms with E-state index in [1.54, 1.807) is 0 Å². The minimum atomic E-state index is -4.23. The number of thiophene rings is 1. The van der Waals surface area contributed by atoms with E-state index in [1.807, 2.05) is 0 Å². The zero-order valence-electron chi connectivity index (χ0n) is 6.40. The van der Waals surface area contributed by atoms with Crippen molar-refractivity contribution >= 4 is 11.3 Å². The molecule has 0 bridgehead atoms. The molecule has 2 N–H and O–H groups in total. The van der Waals surface area contributed by atoms with Crippen LogP contribution in [0.4, 0.5) is 13.2 Å². The van der Waals surface area contributed by atoms with Gasteiger partial charge in [0.25, 0.3) is 0 Å². The summed E-state index contributed by atoms with van der Waals surface area (Å²) >= 11 is 0.716. The van der Waals surface area contributed by atoms with E-state index in [0.29, 0.717) is 16.2 Å². The van der Waals surface area contributed by atoms with Crippen molar-refractivity contribution in [3.63, 3.8) is 0 Å². The van der Waals surface area contributed by atoms with Gasteiger partial charge in [-0.3, -0.25) is 0 Å². The fourth-order valence-electron chi connectivity index (χ4n) is 0.930. The van der Waals surface area contributed by atoms with Crippen molar-refractivity contribution < 1.29 is 13.2 Å². The maximum absolute atomic E-state index is 12.2. The molecule has 5 heteroatoms. The molecule has 0 aliphatic heterocycles. The van der Waals surface area contributed by atoms with Gasteiger partial charge < -0.3 is 5.73 Å². The Hall–Kier alpha value is -0.550. The van der Waals surface area contributed by atoms with Crippen molar-refractivity contribution in [2.45, 2.75) is 19.6 Å². The number of alkyl halides is 3. The molecule has 68 valence electrons. The second kappa shape index (κ2) is 3.06. The summed E-state index contributed by atoms with van der Waals surface area (Å²) in [6.07, 6.45) is -4.23. The molecule has 1 aromatic heterocycles. The first-order valence-electron chi connectivity index (χ1n) is 3.31. The summed E-state index contributed by atoms with van der Waals surface area (Å²) in [5.41, 5.74) is 5.48. The van der Waals surface area contributed by atoms with Gasteiger partial charge in [-0.05, 0) is 18.6 Å². The van der Waals surface area contributed by atoms with Gasteiger partial charge in [0.1, 0.15) is 4.88 Å². The third-order valence-electron chi connectivity index (χ3n) is 1.43. The lowest BCUT2D eigenvalue weighted by molar-refractivity contribution is -0.134. The van der Waals surface area contributed by atoms with E-state index >= 15 is 0 Å². The van der Waals surface area contributed by atoms with Crippen LogP contribution in [0.5, 0.6) is 0 Å². The number of aryl methyl sites for hydroxylation is 1. The molecular weight excluding hydrogens is 187 g/mol. The van der Waals surface area contributed by atoms with Crippen molar-refractivity contribution in [2.24, 2.45) is 5.73 Å². The highest BCUT2D eigenvalue weighted by Crippen LogP contribution is 2.37. The van der Waals surface area contributed by atoms with E-state index in [9.17, 15) is 13.2 Å². The summed E-state index contributed by atoms with van der Waals surface area (Å²) in [6, 6.07) is 1.48. The fraction of sp³-hybridized carbons (Fsp3) is 0.429. The van der Waals surface area contributed by atoms with Gasteiger partial charge in [0.05, 0.1) is 0 Å². The summed E-state index contributed by atoms with van der Waals surface area (Å²) in [5, 5.41) is 0. The van der Waals surface area contributed by atoms with Crippen molar-refractivity contribution in [3.8, 4) is 0 Å².